The Bertz CT molecular complexity index is 805. The zero-order chi connectivity index (χ0) is 16.4. The van der Waals surface area contributed by atoms with Gasteiger partial charge in [0.1, 0.15) is 6.04 Å². The highest BCUT2D eigenvalue weighted by atomic mass is 79.9. The fourth-order valence-electron chi connectivity index (χ4n) is 2.96. The fraction of sp³-hybridized carbons (Fsp3) is 0.294. The van der Waals surface area contributed by atoms with E-state index in [4.69, 9.17) is 4.52 Å². The molecule has 1 aromatic carbocycles. The monoisotopic (exact) mass is 385 g/mol. The normalized spacial score (nSPS) is 17.9. The van der Waals surface area contributed by atoms with Crippen LogP contribution in [0.5, 0.6) is 0 Å². The van der Waals surface area contributed by atoms with Gasteiger partial charge in [-0.1, -0.05) is 35.5 Å². The quantitative estimate of drug-likeness (QED) is 0.677. The molecule has 0 radical (unpaired) electrons. The van der Waals surface area contributed by atoms with Crippen molar-refractivity contribution < 1.29 is 4.52 Å². The van der Waals surface area contributed by atoms with E-state index in [1.807, 2.05) is 30.3 Å². The van der Waals surface area contributed by atoms with Crippen LogP contribution in [-0.2, 0) is 0 Å². The third kappa shape index (κ3) is 3.03. The molecule has 1 saturated heterocycles. The summed E-state index contributed by atoms with van der Waals surface area (Å²) in [5.41, 5.74) is 0.953. The average Bonchev–Trinajstić information content (AvgIpc) is 3.13. The molecule has 1 fully saturated rings. The van der Waals surface area contributed by atoms with Gasteiger partial charge in [0, 0.05) is 24.5 Å². The van der Waals surface area contributed by atoms with Crippen LogP contribution in [0.25, 0.3) is 11.4 Å². The van der Waals surface area contributed by atoms with Crippen molar-refractivity contribution in [1.29, 1.82) is 0 Å². The van der Waals surface area contributed by atoms with Crippen molar-refractivity contribution in [2.75, 3.05) is 11.4 Å². The van der Waals surface area contributed by atoms with Crippen molar-refractivity contribution in [3.8, 4) is 11.4 Å². The van der Waals surface area contributed by atoms with E-state index in [1.54, 1.807) is 12.4 Å². The molecule has 0 amide bonds. The molecule has 0 bridgehead atoms. The van der Waals surface area contributed by atoms with Crippen LogP contribution in [-0.4, -0.2) is 26.7 Å². The summed E-state index contributed by atoms with van der Waals surface area (Å²) in [4.78, 5) is 15.6. The Hall–Kier alpha value is -2.28. The molecule has 3 heterocycles. The van der Waals surface area contributed by atoms with Crippen LogP contribution >= 0.6 is 15.9 Å². The minimum Gasteiger partial charge on any atom is -0.337 e. The van der Waals surface area contributed by atoms with Gasteiger partial charge < -0.3 is 9.42 Å². The first-order chi connectivity index (χ1) is 11.8. The summed E-state index contributed by atoms with van der Waals surface area (Å²) in [6.45, 7) is 0.884. The standard InChI is InChI=1S/C17H16BrN5O/c18-13-10-19-17(20-11-13)23-9-5-4-8-14(23)16-21-15(22-24-16)12-6-2-1-3-7-12/h1-3,6-7,10-11,14H,4-5,8-9H2. The maximum atomic E-state index is 5.57. The zero-order valence-corrected chi connectivity index (χ0v) is 14.6. The van der Waals surface area contributed by atoms with E-state index in [0.717, 1.165) is 35.8 Å². The summed E-state index contributed by atoms with van der Waals surface area (Å²) in [6.07, 6.45) is 6.71. The van der Waals surface area contributed by atoms with Crippen LogP contribution in [0.4, 0.5) is 5.95 Å². The lowest BCUT2D eigenvalue weighted by molar-refractivity contribution is 0.321. The van der Waals surface area contributed by atoms with E-state index in [9.17, 15) is 0 Å². The molecule has 1 atom stereocenters. The average molecular weight is 386 g/mol. The Morgan fingerprint density at radius 3 is 2.67 bits per heavy atom. The van der Waals surface area contributed by atoms with E-state index in [-0.39, 0.29) is 6.04 Å². The van der Waals surface area contributed by atoms with Gasteiger partial charge in [-0.15, -0.1) is 0 Å². The predicted octanol–water partition coefficient (Wildman–Crippen LogP) is 4.02. The summed E-state index contributed by atoms with van der Waals surface area (Å²) in [5.74, 6) is 1.94. The molecule has 0 aliphatic carbocycles. The first-order valence-electron chi connectivity index (χ1n) is 7.94. The third-order valence-electron chi connectivity index (χ3n) is 4.13. The highest BCUT2D eigenvalue weighted by molar-refractivity contribution is 9.10. The number of aromatic nitrogens is 4. The summed E-state index contributed by atoms with van der Waals surface area (Å²) in [6, 6.07) is 9.88. The van der Waals surface area contributed by atoms with Gasteiger partial charge in [-0.2, -0.15) is 4.98 Å². The maximum Gasteiger partial charge on any atom is 0.249 e. The molecular weight excluding hydrogens is 370 g/mol. The van der Waals surface area contributed by atoms with Crippen molar-refractivity contribution in [2.45, 2.75) is 25.3 Å². The Labute approximate surface area is 148 Å². The van der Waals surface area contributed by atoms with Crippen LogP contribution in [0.1, 0.15) is 31.2 Å². The number of rotatable bonds is 3. The summed E-state index contributed by atoms with van der Waals surface area (Å²) in [7, 11) is 0. The Kier molecular flexibility index (Phi) is 4.25. The number of halogens is 1. The van der Waals surface area contributed by atoms with Crippen molar-refractivity contribution >= 4 is 21.9 Å². The van der Waals surface area contributed by atoms with Crippen LogP contribution in [0.2, 0.25) is 0 Å². The van der Waals surface area contributed by atoms with Crippen LogP contribution in [0, 0.1) is 0 Å². The lowest BCUT2D eigenvalue weighted by Gasteiger charge is -2.33. The van der Waals surface area contributed by atoms with Gasteiger partial charge in [0.15, 0.2) is 0 Å². The predicted molar refractivity (Wildman–Crippen MR) is 93.4 cm³/mol. The molecule has 7 heteroatoms. The van der Waals surface area contributed by atoms with Gasteiger partial charge in [-0.25, -0.2) is 9.97 Å². The lowest BCUT2D eigenvalue weighted by Crippen LogP contribution is -2.34. The second kappa shape index (κ2) is 6.68. The maximum absolute atomic E-state index is 5.57. The van der Waals surface area contributed by atoms with Gasteiger partial charge in [-0.05, 0) is 35.2 Å². The third-order valence-corrected chi connectivity index (χ3v) is 4.53. The smallest absolute Gasteiger partial charge is 0.249 e. The van der Waals surface area contributed by atoms with E-state index < -0.39 is 0 Å². The molecule has 3 aromatic rings. The number of hydrogen-bond acceptors (Lipinski definition) is 6. The van der Waals surface area contributed by atoms with Gasteiger partial charge >= 0.3 is 0 Å². The molecule has 4 rings (SSSR count). The van der Waals surface area contributed by atoms with Crippen LogP contribution in [0.15, 0.2) is 51.7 Å². The second-order valence-electron chi connectivity index (χ2n) is 5.73. The Morgan fingerprint density at radius 1 is 1.08 bits per heavy atom. The van der Waals surface area contributed by atoms with Crippen LogP contribution in [0.3, 0.4) is 0 Å². The molecular formula is C17H16BrN5O. The first kappa shape index (κ1) is 15.3. The summed E-state index contributed by atoms with van der Waals surface area (Å²) >= 11 is 3.37. The van der Waals surface area contributed by atoms with Gasteiger partial charge in [0.25, 0.3) is 0 Å². The minimum atomic E-state index is 0.0184. The number of anilines is 1. The van der Waals surface area contributed by atoms with Crippen molar-refractivity contribution in [2.24, 2.45) is 0 Å². The van der Waals surface area contributed by atoms with Gasteiger partial charge in [-0.3, -0.25) is 0 Å². The largest absolute Gasteiger partial charge is 0.337 e. The number of hydrogen-bond donors (Lipinski definition) is 0. The van der Waals surface area contributed by atoms with E-state index in [2.05, 4.69) is 40.9 Å². The van der Waals surface area contributed by atoms with Crippen molar-refractivity contribution in [1.82, 2.24) is 20.1 Å². The van der Waals surface area contributed by atoms with Crippen molar-refractivity contribution in [3.05, 3.63) is 53.1 Å². The SMILES string of the molecule is Brc1cnc(N2CCCCC2c2nc(-c3ccccc3)no2)nc1. The molecule has 2 aromatic heterocycles. The molecule has 24 heavy (non-hydrogen) atoms. The molecule has 1 aliphatic rings. The van der Waals surface area contributed by atoms with E-state index in [1.165, 1.54) is 0 Å². The highest BCUT2D eigenvalue weighted by Gasteiger charge is 2.30. The molecule has 6 nitrogen and oxygen atoms in total. The molecule has 0 spiro atoms. The Morgan fingerprint density at radius 2 is 1.88 bits per heavy atom. The van der Waals surface area contributed by atoms with E-state index in [0.29, 0.717) is 17.7 Å². The minimum absolute atomic E-state index is 0.0184. The second-order valence-corrected chi connectivity index (χ2v) is 6.64. The number of benzene rings is 1. The lowest BCUT2D eigenvalue weighted by atomic mass is 10.0. The summed E-state index contributed by atoms with van der Waals surface area (Å²) in [5, 5.41) is 4.14. The fourth-order valence-corrected chi connectivity index (χ4v) is 3.16. The molecule has 1 unspecified atom stereocenters. The topological polar surface area (TPSA) is 67.9 Å². The molecule has 0 saturated carbocycles. The highest BCUT2D eigenvalue weighted by Crippen LogP contribution is 2.33. The van der Waals surface area contributed by atoms with Gasteiger partial charge in [0.2, 0.25) is 17.7 Å². The molecule has 122 valence electrons. The van der Waals surface area contributed by atoms with Crippen LogP contribution < -0.4 is 4.90 Å². The molecule has 0 N–H and O–H groups in total. The van der Waals surface area contributed by atoms with E-state index >= 15 is 0 Å². The molecule has 1 aliphatic heterocycles. The van der Waals surface area contributed by atoms with Crippen molar-refractivity contribution in [3.63, 3.8) is 0 Å². The number of piperidine rings is 1. The number of nitrogens with zero attached hydrogens (tertiary/aromatic N) is 5. The van der Waals surface area contributed by atoms with Gasteiger partial charge in [0.05, 0.1) is 4.47 Å². The summed E-state index contributed by atoms with van der Waals surface area (Å²) < 4.78 is 6.43. The Balaban J connectivity index is 1.64. The zero-order valence-electron chi connectivity index (χ0n) is 13.0. The first-order valence-corrected chi connectivity index (χ1v) is 8.74.